The lowest BCUT2D eigenvalue weighted by Gasteiger charge is -2.04. The van der Waals surface area contributed by atoms with Crippen LogP contribution in [0.1, 0.15) is 25.9 Å². The van der Waals surface area contributed by atoms with Crippen LogP contribution < -0.4 is 11.1 Å². The van der Waals surface area contributed by atoms with Crippen LogP contribution in [-0.2, 0) is 0 Å². The normalized spacial score (nSPS) is 9.75. The van der Waals surface area contributed by atoms with Crippen LogP contribution in [0.5, 0.6) is 0 Å². The molecule has 2 aromatic rings. The zero-order chi connectivity index (χ0) is 14.5. The molecule has 0 fully saturated rings. The zero-order valence-corrected chi connectivity index (χ0v) is 12.2. The summed E-state index contributed by atoms with van der Waals surface area (Å²) in [6.07, 6.45) is 0. The largest absolute Gasteiger partial charge is 0.321 e. The minimum atomic E-state index is -0.142. The van der Waals surface area contributed by atoms with Gasteiger partial charge in [-0.15, -0.1) is 11.3 Å². The second-order valence-corrected chi connectivity index (χ2v) is 5.39. The number of aryl methyl sites for hydroxylation is 2. The van der Waals surface area contributed by atoms with E-state index in [1.807, 2.05) is 38.1 Å². The summed E-state index contributed by atoms with van der Waals surface area (Å²) in [6.45, 7) is 4.04. The molecule has 1 amide bonds. The Bertz CT molecular complexity index is 695. The molecule has 0 unspecified atom stereocenters. The maximum absolute atomic E-state index is 12.2. The first kappa shape index (κ1) is 14.3. The first-order valence-corrected chi connectivity index (χ1v) is 6.96. The van der Waals surface area contributed by atoms with E-state index in [9.17, 15) is 4.79 Å². The number of anilines is 1. The molecule has 1 aromatic heterocycles. The van der Waals surface area contributed by atoms with Gasteiger partial charge in [0.25, 0.3) is 5.91 Å². The molecule has 102 valence electrons. The van der Waals surface area contributed by atoms with E-state index in [4.69, 9.17) is 5.73 Å². The van der Waals surface area contributed by atoms with Crippen LogP contribution in [0.25, 0.3) is 0 Å². The Morgan fingerprint density at radius 3 is 2.90 bits per heavy atom. The maximum atomic E-state index is 12.2. The van der Waals surface area contributed by atoms with E-state index in [0.29, 0.717) is 17.1 Å². The number of rotatable bonds is 2. The van der Waals surface area contributed by atoms with Crippen LogP contribution in [0.4, 0.5) is 5.69 Å². The van der Waals surface area contributed by atoms with E-state index in [0.717, 1.165) is 16.3 Å². The first-order valence-electron chi connectivity index (χ1n) is 6.14. The Morgan fingerprint density at radius 1 is 1.45 bits per heavy atom. The standard InChI is InChI=1S/C15H15N3OS/c1-10-14(20-11(2)17-10)15(19)18-13-7-3-5-12(9-13)6-4-8-16/h3,5,7,9H,8,16H2,1-2H3,(H,18,19). The predicted molar refractivity (Wildman–Crippen MR) is 81.9 cm³/mol. The highest BCUT2D eigenvalue weighted by Gasteiger charge is 2.13. The van der Waals surface area contributed by atoms with Crippen LogP contribution in [-0.4, -0.2) is 17.4 Å². The van der Waals surface area contributed by atoms with Gasteiger partial charge in [0.1, 0.15) is 4.88 Å². The molecule has 1 aromatic carbocycles. The van der Waals surface area contributed by atoms with Gasteiger partial charge in [0, 0.05) is 11.3 Å². The Labute approximate surface area is 122 Å². The summed E-state index contributed by atoms with van der Waals surface area (Å²) in [7, 11) is 0. The molecule has 0 aliphatic rings. The van der Waals surface area contributed by atoms with Gasteiger partial charge in [0.05, 0.1) is 17.2 Å². The van der Waals surface area contributed by atoms with Crippen molar-refractivity contribution < 1.29 is 4.79 Å². The third-order valence-electron chi connectivity index (χ3n) is 2.56. The zero-order valence-electron chi connectivity index (χ0n) is 11.4. The molecule has 0 atom stereocenters. The van der Waals surface area contributed by atoms with Gasteiger partial charge in [-0.05, 0) is 32.0 Å². The first-order chi connectivity index (χ1) is 9.60. The van der Waals surface area contributed by atoms with Crippen molar-refractivity contribution >= 4 is 22.9 Å². The van der Waals surface area contributed by atoms with Gasteiger partial charge in [-0.3, -0.25) is 4.79 Å². The summed E-state index contributed by atoms with van der Waals surface area (Å²) in [5.41, 5.74) is 7.63. The van der Waals surface area contributed by atoms with Crippen molar-refractivity contribution in [1.29, 1.82) is 0 Å². The molecule has 0 bridgehead atoms. The molecule has 20 heavy (non-hydrogen) atoms. The molecule has 3 N–H and O–H groups in total. The lowest BCUT2D eigenvalue weighted by molar-refractivity contribution is 0.103. The van der Waals surface area contributed by atoms with Gasteiger partial charge in [-0.1, -0.05) is 17.9 Å². The highest BCUT2D eigenvalue weighted by Crippen LogP contribution is 2.19. The monoisotopic (exact) mass is 285 g/mol. The molecular weight excluding hydrogens is 270 g/mol. The molecule has 0 aliphatic carbocycles. The van der Waals surface area contributed by atoms with Crippen LogP contribution in [0, 0.1) is 25.7 Å². The molecule has 0 aliphatic heterocycles. The minimum absolute atomic E-state index is 0.142. The minimum Gasteiger partial charge on any atom is -0.321 e. The topological polar surface area (TPSA) is 68.0 Å². The van der Waals surface area contributed by atoms with Crippen molar-refractivity contribution in [2.24, 2.45) is 5.73 Å². The summed E-state index contributed by atoms with van der Waals surface area (Å²) in [6, 6.07) is 7.37. The lowest BCUT2D eigenvalue weighted by Crippen LogP contribution is -2.11. The molecule has 4 nitrogen and oxygen atoms in total. The van der Waals surface area contributed by atoms with Crippen molar-refractivity contribution in [3.63, 3.8) is 0 Å². The predicted octanol–water partition coefficient (Wildman–Crippen LogP) is 2.32. The van der Waals surface area contributed by atoms with Crippen LogP contribution in [0.2, 0.25) is 0 Å². The number of benzene rings is 1. The van der Waals surface area contributed by atoms with Crippen LogP contribution in [0.3, 0.4) is 0 Å². The summed E-state index contributed by atoms with van der Waals surface area (Å²) >= 11 is 1.39. The SMILES string of the molecule is Cc1nc(C)c(C(=O)Nc2cccc(C#CCN)c2)s1. The number of carbonyl (C=O) groups excluding carboxylic acids is 1. The Balaban J connectivity index is 2.17. The number of carbonyl (C=O) groups is 1. The molecule has 0 radical (unpaired) electrons. The average Bonchev–Trinajstić information content (AvgIpc) is 2.76. The molecular formula is C15H15N3OS. The van der Waals surface area contributed by atoms with Gasteiger partial charge in [-0.25, -0.2) is 4.98 Å². The van der Waals surface area contributed by atoms with E-state index in [-0.39, 0.29) is 5.91 Å². The number of hydrogen-bond donors (Lipinski definition) is 2. The maximum Gasteiger partial charge on any atom is 0.267 e. The smallest absolute Gasteiger partial charge is 0.267 e. The quantitative estimate of drug-likeness (QED) is 0.832. The molecule has 2 rings (SSSR count). The van der Waals surface area contributed by atoms with Crippen molar-refractivity contribution in [2.45, 2.75) is 13.8 Å². The van der Waals surface area contributed by atoms with E-state index in [1.54, 1.807) is 0 Å². The molecule has 1 heterocycles. The number of nitrogens with two attached hydrogens (primary N) is 1. The molecule has 0 spiro atoms. The Kier molecular flexibility index (Phi) is 4.51. The van der Waals surface area contributed by atoms with Crippen molar-refractivity contribution in [2.75, 3.05) is 11.9 Å². The highest BCUT2D eigenvalue weighted by molar-refractivity contribution is 7.13. The molecule has 5 heteroatoms. The second-order valence-electron chi connectivity index (χ2n) is 4.19. The van der Waals surface area contributed by atoms with Crippen molar-refractivity contribution in [1.82, 2.24) is 4.98 Å². The van der Waals surface area contributed by atoms with Gasteiger partial charge in [-0.2, -0.15) is 0 Å². The van der Waals surface area contributed by atoms with Gasteiger partial charge in [0.2, 0.25) is 0 Å². The molecule has 0 saturated carbocycles. The van der Waals surface area contributed by atoms with E-state index in [2.05, 4.69) is 22.1 Å². The summed E-state index contributed by atoms with van der Waals surface area (Å²) in [5.74, 6) is 5.58. The number of nitrogens with one attached hydrogen (secondary N) is 1. The summed E-state index contributed by atoms with van der Waals surface area (Å²) < 4.78 is 0. The Morgan fingerprint density at radius 2 is 2.25 bits per heavy atom. The fourth-order valence-corrected chi connectivity index (χ4v) is 2.57. The van der Waals surface area contributed by atoms with Gasteiger partial charge < -0.3 is 11.1 Å². The number of amides is 1. The summed E-state index contributed by atoms with van der Waals surface area (Å²) in [4.78, 5) is 17.1. The number of hydrogen-bond acceptors (Lipinski definition) is 4. The van der Waals surface area contributed by atoms with Gasteiger partial charge in [0.15, 0.2) is 0 Å². The molecule has 0 saturated heterocycles. The number of thiazole rings is 1. The van der Waals surface area contributed by atoms with Crippen LogP contribution in [0.15, 0.2) is 24.3 Å². The van der Waals surface area contributed by atoms with E-state index < -0.39 is 0 Å². The average molecular weight is 285 g/mol. The van der Waals surface area contributed by atoms with E-state index in [1.165, 1.54) is 11.3 Å². The van der Waals surface area contributed by atoms with Gasteiger partial charge >= 0.3 is 0 Å². The fraction of sp³-hybridized carbons (Fsp3) is 0.200. The van der Waals surface area contributed by atoms with E-state index >= 15 is 0 Å². The third-order valence-corrected chi connectivity index (χ3v) is 3.64. The third kappa shape index (κ3) is 3.44. The number of aromatic nitrogens is 1. The summed E-state index contributed by atoms with van der Waals surface area (Å²) in [5, 5.41) is 3.75. The van der Waals surface area contributed by atoms with Crippen molar-refractivity contribution in [3.8, 4) is 11.8 Å². The lowest BCUT2D eigenvalue weighted by atomic mass is 10.2. The van der Waals surface area contributed by atoms with Crippen LogP contribution >= 0.6 is 11.3 Å². The van der Waals surface area contributed by atoms with Crippen molar-refractivity contribution in [3.05, 3.63) is 45.4 Å². The number of nitrogens with zero attached hydrogens (tertiary/aromatic N) is 1. The second kappa shape index (κ2) is 6.33. The Hall–Kier alpha value is -2.16. The highest BCUT2D eigenvalue weighted by atomic mass is 32.1. The fourth-order valence-electron chi connectivity index (χ4n) is 1.76.